The molecule has 7 nitrogen and oxygen atoms in total. The molecule has 2 unspecified atom stereocenters. The van der Waals surface area contributed by atoms with Crippen LogP contribution in [0.25, 0.3) is 0 Å². The Balaban J connectivity index is 2.92. The van der Waals surface area contributed by atoms with E-state index < -0.39 is 31.4 Å². The molecule has 0 bridgehead atoms. The number of hydrogen-bond donors (Lipinski definition) is 1. The Labute approximate surface area is 121 Å². The van der Waals surface area contributed by atoms with Crippen LogP contribution in [0.4, 0.5) is 5.69 Å². The number of nitrogens with zero attached hydrogens (tertiary/aromatic N) is 1. The van der Waals surface area contributed by atoms with E-state index in [-0.39, 0.29) is 20.3 Å². The molecule has 0 fully saturated rings. The van der Waals surface area contributed by atoms with Gasteiger partial charge in [-0.1, -0.05) is 11.6 Å². The minimum atomic E-state index is -3.88. The van der Waals surface area contributed by atoms with Crippen molar-refractivity contribution in [3.8, 4) is 0 Å². The van der Waals surface area contributed by atoms with Gasteiger partial charge in [0.15, 0.2) is 4.34 Å². The van der Waals surface area contributed by atoms with E-state index in [2.05, 4.69) is 4.72 Å². The topological polar surface area (TPSA) is 106 Å². The lowest BCUT2D eigenvalue weighted by Gasteiger charge is -2.09. The molecule has 0 saturated heterocycles. The van der Waals surface area contributed by atoms with Crippen LogP contribution in [-0.4, -0.2) is 35.6 Å². The molecule has 1 N–H and O–H groups in total. The number of nitro groups is 1. The number of nitrogens with one attached hydrogen (secondary N) is 1. The highest BCUT2D eigenvalue weighted by molar-refractivity contribution is 7.91. The minimum absolute atomic E-state index is 0.0191. The molecule has 0 aromatic carbocycles. The van der Waals surface area contributed by atoms with E-state index in [1.807, 2.05) is 0 Å². The van der Waals surface area contributed by atoms with E-state index in [1.165, 1.54) is 6.26 Å². The molecular weight excluding hydrogens is 336 g/mol. The van der Waals surface area contributed by atoms with Crippen molar-refractivity contribution >= 4 is 49.4 Å². The fourth-order valence-corrected chi connectivity index (χ4v) is 4.27. The maximum atomic E-state index is 11.9. The van der Waals surface area contributed by atoms with E-state index >= 15 is 0 Å². The number of sulfonamides is 1. The zero-order valence-electron chi connectivity index (χ0n) is 9.95. The third kappa shape index (κ3) is 4.21. The van der Waals surface area contributed by atoms with Gasteiger partial charge in [0.25, 0.3) is 5.69 Å². The lowest BCUT2D eigenvalue weighted by atomic mass is 10.5. The van der Waals surface area contributed by atoms with Crippen LogP contribution in [-0.2, 0) is 20.8 Å². The second kappa shape index (κ2) is 6.27. The number of rotatable bonds is 6. The summed E-state index contributed by atoms with van der Waals surface area (Å²) in [6.07, 6.45) is 1.46. The average Bonchev–Trinajstić information content (AvgIpc) is 2.69. The molecule has 0 saturated carbocycles. The van der Waals surface area contributed by atoms with Gasteiger partial charge in [0.2, 0.25) is 10.0 Å². The van der Waals surface area contributed by atoms with Gasteiger partial charge in [-0.15, -0.1) is 11.3 Å². The van der Waals surface area contributed by atoms with E-state index in [4.69, 9.17) is 11.6 Å². The van der Waals surface area contributed by atoms with Crippen molar-refractivity contribution in [1.82, 2.24) is 4.72 Å². The quantitative estimate of drug-likeness (QED) is 0.618. The second-order valence-electron chi connectivity index (χ2n) is 3.64. The van der Waals surface area contributed by atoms with Gasteiger partial charge in [0.1, 0.15) is 4.21 Å². The lowest BCUT2D eigenvalue weighted by molar-refractivity contribution is -0.384. The van der Waals surface area contributed by atoms with Crippen molar-refractivity contribution in [1.29, 1.82) is 0 Å². The standard InChI is InChI=1S/C8H11ClN2O5S3/c1-5(18(2)14)4-10-19(15,16)7-3-6(11(12)13)8(9)17-7/h3,5,10H,4H2,1-2H3. The molecular formula is C8H11ClN2O5S3. The monoisotopic (exact) mass is 346 g/mol. The smallest absolute Gasteiger partial charge is 0.260 e. The molecule has 0 spiro atoms. The molecule has 0 amide bonds. The molecule has 0 aliphatic carbocycles. The predicted molar refractivity (Wildman–Crippen MR) is 74.7 cm³/mol. The number of hydrogen-bond acceptors (Lipinski definition) is 6. The highest BCUT2D eigenvalue weighted by Gasteiger charge is 2.25. The maximum Gasteiger partial charge on any atom is 0.300 e. The third-order valence-corrected chi connectivity index (χ3v) is 6.77. The molecule has 2 atom stereocenters. The second-order valence-corrected chi connectivity index (χ2v) is 9.09. The molecule has 1 aromatic heterocycles. The molecule has 1 rings (SSSR count). The highest BCUT2D eigenvalue weighted by atomic mass is 35.5. The molecule has 0 aliphatic rings. The van der Waals surface area contributed by atoms with Crippen LogP contribution in [0.1, 0.15) is 6.92 Å². The van der Waals surface area contributed by atoms with Crippen LogP contribution < -0.4 is 4.72 Å². The summed E-state index contributed by atoms with van der Waals surface area (Å²) in [5, 5.41) is 10.2. The summed E-state index contributed by atoms with van der Waals surface area (Å²) >= 11 is 6.20. The Bertz CT molecular complexity index is 612. The van der Waals surface area contributed by atoms with Crippen molar-refractivity contribution in [2.75, 3.05) is 12.8 Å². The third-order valence-electron chi connectivity index (χ3n) is 2.24. The number of thiophene rings is 1. The first-order chi connectivity index (χ1) is 8.65. The molecule has 0 radical (unpaired) electrons. The molecule has 108 valence electrons. The minimum Gasteiger partial charge on any atom is -0.260 e. The lowest BCUT2D eigenvalue weighted by Crippen LogP contribution is -2.32. The fraction of sp³-hybridized carbons (Fsp3) is 0.500. The van der Waals surface area contributed by atoms with Crippen LogP contribution in [0.2, 0.25) is 4.34 Å². The summed E-state index contributed by atoms with van der Waals surface area (Å²) in [6.45, 7) is 1.61. The van der Waals surface area contributed by atoms with Crippen molar-refractivity contribution in [3.05, 3.63) is 20.5 Å². The van der Waals surface area contributed by atoms with E-state index in [0.29, 0.717) is 11.3 Å². The molecule has 1 heterocycles. The van der Waals surface area contributed by atoms with Gasteiger partial charge in [-0.05, 0) is 6.92 Å². The van der Waals surface area contributed by atoms with E-state index in [9.17, 15) is 22.7 Å². The van der Waals surface area contributed by atoms with E-state index in [1.54, 1.807) is 6.92 Å². The fourth-order valence-electron chi connectivity index (χ4n) is 1.01. The molecule has 1 aromatic rings. The highest BCUT2D eigenvalue weighted by Crippen LogP contribution is 2.36. The van der Waals surface area contributed by atoms with E-state index in [0.717, 1.165) is 6.07 Å². The Hall–Kier alpha value is -0.550. The summed E-state index contributed by atoms with van der Waals surface area (Å²) in [5.74, 6) is 0. The van der Waals surface area contributed by atoms with Gasteiger partial charge in [-0.3, -0.25) is 14.3 Å². The molecule has 0 aliphatic heterocycles. The van der Waals surface area contributed by atoms with Gasteiger partial charge in [-0.25, -0.2) is 13.1 Å². The van der Waals surface area contributed by atoms with Crippen LogP contribution in [0.15, 0.2) is 10.3 Å². The SMILES string of the molecule is CC(CNS(=O)(=O)c1cc([N+](=O)[O-])c(Cl)s1)S(C)=O. The first-order valence-electron chi connectivity index (χ1n) is 4.90. The summed E-state index contributed by atoms with van der Waals surface area (Å²) in [4.78, 5) is 9.84. The van der Waals surface area contributed by atoms with Crippen molar-refractivity contribution < 1.29 is 17.6 Å². The first-order valence-corrected chi connectivity index (χ1v) is 9.20. The summed E-state index contributed by atoms with van der Waals surface area (Å²) in [6, 6.07) is 0.906. The zero-order chi connectivity index (χ0) is 14.8. The molecule has 19 heavy (non-hydrogen) atoms. The predicted octanol–water partition coefficient (Wildman–Crippen LogP) is 1.36. The maximum absolute atomic E-state index is 11.9. The zero-order valence-corrected chi connectivity index (χ0v) is 13.2. The van der Waals surface area contributed by atoms with Gasteiger partial charge in [-0.2, -0.15) is 0 Å². The van der Waals surface area contributed by atoms with Crippen molar-refractivity contribution in [3.63, 3.8) is 0 Å². The van der Waals surface area contributed by atoms with Crippen LogP contribution in [0.3, 0.4) is 0 Å². The summed E-state index contributed by atoms with van der Waals surface area (Å²) in [7, 11) is -5.04. The Kier molecular flexibility index (Phi) is 5.44. The first kappa shape index (κ1) is 16.5. The van der Waals surface area contributed by atoms with Gasteiger partial charge in [0, 0.05) is 34.9 Å². The largest absolute Gasteiger partial charge is 0.300 e. The van der Waals surface area contributed by atoms with Crippen LogP contribution in [0, 0.1) is 10.1 Å². The van der Waals surface area contributed by atoms with Gasteiger partial charge in [0.05, 0.1) is 4.92 Å². The Morgan fingerprint density at radius 3 is 2.63 bits per heavy atom. The molecule has 11 heteroatoms. The van der Waals surface area contributed by atoms with Crippen molar-refractivity contribution in [2.24, 2.45) is 0 Å². The average molecular weight is 347 g/mol. The van der Waals surface area contributed by atoms with Crippen molar-refractivity contribution in [2.45, 2.75) is 16.4 Å². The van der Waals surface area contributed by atoms with Gasteiger partial charge < -0.3 is 0 Å². The van der Waals surface area contributed by atoms with Crippen LogP contribution >= 0.6 is 22.9 Å². The summed E-state index contributed by atoms with van der Waals surface area (Å²) in [5.41, 5.74) is -0.445. The van der Waals surface area contributed by atoms with Crippen LogP contribution in [0.5, 0.6) is 0 Å². The van der Waals surface area contributed by atoms with Gasteiger partial charge >= 0.3 is 0 Å². The normalized spacial score (nSPS) is 15.1. The number of halogens is 1. The Morgan fingerprint density at radius 1 is 1.63 bits per heavy atom. The summed E-state index contributed by atoms with van der Waals surface area (Å²) < 4.78 is 36.7. The Morgan fingerprint density at radius 2 is 2.21 bits per heavy atom.